The minimum Gasteiger partial charge on any atom is -0.463 e. The van der Waals surface area contributed by atoms with Crippen molar-refractivity contribution in [1.29, 1.82) is 0 Å². The number of aliphatic hydroxyl groups is 1. The summed E-state index contributed by atoms with van der Waals surface area (Å²) in [6.45, 7) is 3.43. The van der Waals surface area contributed by atoms with E-state index in [0.29, 0.717) is 5.57 Å². The fraction of sp³-hybridized carbons (Fsp3) is 0.700. The highest BCUT2D eigenvalue weighted by molar-refractivity contribution is 5.87. The molecule has 0 amide bonds. The molecule has 0 aliphatic carbocycles. The van der Waals surface area contributed by atoms with Gasteiger partial charge in [-0.3, -0.25) is 0 Å². The normalized spacial score (nSPS) is 31.1. The Hall–Kier alpha value is -1.07. The van der Waals surface area contributed by atoms with Crippen LogP contribution < -0.4 is 0 Å². The molecule has 0 aromatic heterocycles. The van der Waals surface area contributed by atoms with Gasteiger partial charge in [0, 0.05) is 18.6 Å². The van der Waals surface area contributed by atoms with Crippen molar-refractivity contribution >= 4 is 5.97 Å². The number of carbonyl (C=O) groups excluding carboxylic acids is 1. The molecule has 1 aliphatic rings. The highest BCUT2D eigenvalue weighted by Crippen LogP contribution is 2.29. The monoisotopic (exact) mass is 216 g/mol. The summed E-state index contributed by atoms with van der Waals surface area (Å²) in [5.74, 6) is -0.779. The van der Waals surface area contributed by atoms with E-state index >= 15 is 0 Å². The maximum Gasteiger partial charge on any atom is 0.373 e. The lowest BCUT2D eigenvalue weighted by atomic mass is 9.94. The van der Waals surface area contributed by atoms with E-state index in [9.17, 15) is 9.90 Å². The molecule has 0 aromatic carbocycles. The molecule has 1 heterocycles. The smallest absolute Gasteiger partial charge is 0.373 e. The van der Waals surface area contributed by atoms with Crippen molar-refractivity contribution in [3.05, 3.63) is 11.3 Å². The van der Waals surface area contributed by atoms with Gasteiger partial charge in [0.1, 0.15) is 0 Å². The molecule has 1 rings (SSSR count). The predicted molar refractivity (Wildman–Crippen MR) is 51.8 cm³/mol. The van der Waals surface area contributed by atoms with Crippen LogP contribution in [0.4, 0.5) is 0 Å². The molecule has 0 unspecified atom stereocenters. The van der Waals surface area contributed by atoms with Crippen LogP contribution in [0.1, 0.15) is 13.8 Å². The number of methoxy groups -OCH3 is 2. The van der Waals surface area contributed by atoms with Crippen LogP contribution >= 0.6 is 0 Å². The van der Waals surface area contributed by atoms with Crippen molar-refractivity contribution in [3.63, 3.8) is 0 Å². The van der Waals surface area contributed by atoms with Gasteiger partial charge >= 0.3 is 5.97 Å². The zero-order chi connectivity index (χ0) is 11.6. The SMILES string of the molecule is COC(=O)C1=C(C)[C@H](O)[C@@H](C)[C@@H](OC)O1. The molecule has 0 spiro atoms. The number of rotatable bonds is 2. The fourth-order valence-electron chi connectivity index (χ4n) is 1.56. The molecule has 0 bridgehead atoms. The number of hydrogen-bond acceptors (Lipinski definition) is 5. The Morgan fingerprint density at radius 2 is 2.07 bits per heavy atom. The minimum absolute atomic E-state index is 0.0370. The van der Waals surface area contributed by atoms with Gasteiger partial charge < -0.3 is 19.3 Å². The van der Waals surface area contributed by atoms with Gasteiger partial charge in [-0.05, 0) is 6.92 Å². The van der Waals surface area contributed by atoms with E-state index in [1.54, 1.807) is 13.8 Å². The summed E-state index contributed by atoms with van der Waals surface area (Å²) >= 11 is 0. The molecule has 1 N–H and O–H groups in total. The molecule has 0 fully saturated rings. The summed E-state index contributed by atoms with van der Waals surface area (Å²) in [6.07, 6.45) is -1.38. The molecule has 3 atom stereocenters. The Morgan fingerprint density at radius 1 is 1.47 bits per heavy atom. The minimum atomic E-state index is -0.752. The molecular weight excluding hydrogens is 200 g/mol. The zero-order valence-corrected chi connectivity index (χ0v) is 9.31. The second-order valence-electron chi connectivity index (χ2n) is 3.53. The number of ether oxygens (including phenoxy) is 3. The summed E-state index contributed by atoms with van der Waals surface area (Å²) in [7, 11) is 2.72. The molecule has 0 aromatic rings. The molecule has 5 heteroatoms. The first-order chi connectivity index (χ1) is 7.02. The van der Waals surface area contributed by atoms with E-state index < -0.39 is 18.4 Å². The van der Waals surface area contributed by atoms with Crippen LogP contribution in [0.25, 0.3) is 0 Å². The van der Waals surface area contributed by atoms with Crippen LogP contribution in [0, 0.1) is 5.92 Å². The lowest BCUT2D eigenvalue weighted by Crippen LogP contribution is -2.40. The second-order valence-corrected chi connectivity index (χ2v) is 3.53. The quantitative estimate of drug-likeness (QED) is 0.678. The highest BCUT2D eigenvalue weighted by Gasteiger charge is 2.37. The molecular formula is C10H16O5. The van der Waals surface area contributed by atoms with Crippen molar-refractivity contribution in [1.82, 2.24) is 0 Å². The van der Waals surface area contributed by atoms with Gasteiger partial charge in [0.25, 0.3) is 0 Å². The lowest BCUT2D eigenvalue weighted by molar-refractivity contribution is -0.175. The summed E-state index contributed by atoms with van der Waals surface area (Å²) in [6, 6.07) is 0. The predicted octanol–water partition coefficient (Wildman–Crippen LogP) is 0.433. The van der Waals surface area contributed by atoms with Gasteiger partial charge in [-0.1, -0.05) is 6.92 Å². The third-order valence-corrected chi connectivity index (χ3v) is 2.57. The average Bonchev–Trinajstić information content (AvgIpc) is 2.25. The van der Waals surface area contributed by atoms with Gasteiger partial charge in [-0.25, -0.2) is 4.79 Å². The first kappa shape index (κ1) is 12.0. The van der Waals surface area contributed by atoms with Crippen molar-refractivity contribution in [2.75, 3.05) is 14.2 Å². The Kier molecular flexibility index (Phi) is 3.71. The van der Waals surface area contributed by atoms with Crippen LogP contribution in [0.3, 0.4) is 0 Å². The number of aliphatic hydroxyl groups excluding tert-OH is 1. The van der Waals surface area contributed by atoms with Gasteiger partial charge in [0.05, 0.1) is 13.2 Å². The Labute approximate surface area is 88.6 Å². The van der Waals surface area contributed by atoms with E-state index in [-0.39, 0.29) is 11.7 Å². The Bertz CT molecular complexity index is 284. The van der Waals surface area contributed by atoms with Crippen LogP contribution in [-0.4, -0.2) is 37.7 Å². The Morgan fingerprint density at radius 3 is 2.53 bits per heavy atom. The van der Waals surface area contributed by atoms with Crippen molar-refractivity contribution in [3.8, 4) is 0 Å². The third-order valence-electron chi connectivity index (χ3n) is 2.57. The molecule has 0 saturated carbocycles. The topological polar surface area (TPSA) is 65.0 Å². The van der Waals surface area contributed by atoms with Crippen LogP contribution in [0.15, 0.2) is 11.3 Å². The average molecular weight is 216 g/mol. The van der Waals surface area contributed by atoms with Gasteiger partial charge in [0.15, 0.2) is 0 Å². The number of carbonyl (C=O) groups is 1. The maximum absolute atomic E-state index is 11.3. The van der Waals surface area contributed by atoms with Gasteiger partial charge in [-0.15, -0.1) is 0 Å². The summed E-state index contributed by atoms with van der Waals surface area (Å²) < 4.78 is 14.9. The maximum atomic E-state index is 11.3. The fourth-order valence-corrected chi connectivity index (χ4v) is 1.56. The largest absolute Gasteiger partial charge is 0.463 e. The molecule has 15 heavy (non-hydrogen) atoms. The summed E-state index contributed by atoms with van der Waals surface area (Å²) in [5.41, 5.74) is 0.475. The molecule has 0 radical (unpaired) electrons. The molecule has 1 aliphatic heterocycles. The number of hydrogen-bond donors (Lipinski definition) is 1. The van der Waals surface area contributed by atoms with E-state index in [4.69, 9.17) is 9.47 Å². The Balaban J connectivity index is 2.99. The second kappa shape index (κ2) is 4.63. The number of esters is 1. The van der Waals surface area contributed by atoms with Crippen molar-refractivity contribution < 1.29 is 24.1 Å². The van der Waals surface area contributed by atoms with E-state index in [1.807, 2.05) is 0 Å². The molecule has 86 valence electrons. The van der Waals surface area contributed by atoms with E-state index in [0.717, 1.165) is 0 Å². The van der Waals surface area contributed by atoms with Crippen molar-refractivity contribution in [2.24, 2.45) is 5.92 Å². The first-order valence-electron chi connectivity index (χ1n) is 4.69. The lowest BCUT2D eigenvalue weighted by Gasteiger charge is -2.33. The highest BCUT2D eigenvalue weighted by atomic mass is 16.7. The zero-order valence-electron chi connectivity index (χ0n) is 9.31. The molecule has 0 saturated heterocycles. The molecule has 5 nitrogen and oxygen atoms in total. The first-order valence-corrected chi connectivity index (χ1v) is 4.69. The standard InChI is InChI=1S/C10H16O5/c1-5-7(11)6(2)10(14-4)15-8(5)9(12)13-3/h6-7,10-11H,1-4H3/t6-,7+,10+/m1/s1. The van der Waals surface area contributed by atoms with Crippen LogP contribution in [0.5, 0.6) is 0 Å². The summed E-state index contributed by atoms with van der Waals surface area (Å²) in [5, 5.41) is 9.84. The summed E-state index contributed by atoms with van der Waals surface area (Å²) in [4.78, 5) is 11.3. The van der Waals surface area contributed by atoms with Gasteiger partial charge in [0.2, 0.25) is 12.0 Å². The van der Waals surface area contributed by atoms with E-state index in [2.05, 4.69) is 4.74 Å². The van der Waals surface area contributed by atoms with E-state index in [1.165, 1.54) is 14.2 Å². The van der Waals surface area contributed by atoms with Crippen LogP contribution in [0.2, 0.25) is 0 Å². The van der Waals surface area contributed by atoms with Crippen LogP contribution in [-0.2, 0) is 19.0 Å². The van der Waals surface area contributed by atoms with Crippen molar-refractivity contribution in [2.45, 2.75) is 26.2 Å². The third kappa shape index (κ3) is 2.13. The van der Waals surface area contributed by atoms with Gasteiger partial charge in [-0.2, -0.15) is 0 Å².